The molecule has 0 saturated heterocycles. The highest BCUT2D eigenvalue weighted by molar-refractivity contribution is 6.21. The largest absolute Gasteiger partial charge is 0.386 e. The number of allylic oxidation sites excluding steroid dienone is 3. The molecule has 1 unspecified atom stereocenters. The molecule has 206 valence electrons. The Kier molecular flexibility index (Phi) is 6.19. The lowest BCUT2D eigenvalue weighted by Gasteiger charge is -2.21. The van der Waals surface area contributed by atoms with Crippen LogP contribution in [0.5, 0.6) is 0 Å². The number of benzene rings is 6. The molecule has 6 aromatic rings. The molecule has 1 atom stereocenters. The lowest BCUT2D eigenvalue weighted by Crippen LogP contribution is -2.23. The fourth-order valence-corrected chi connectivity index (χ4v) is 6.61. The summed E-state index contributed by atoms with van der Waals surface area (Å²) >= 11 is 0. The summed E-state index contributed by atoms with van der Waals surface area (Å²) in [7, 11) is 0. The van der Waals surface area contributed by atoms with E-state index in [9.17, 15) is 0 Å². The van der Waals surface area contributed by atoms with Crippen LogP contribution < -0.4 is 10.6 Å². The van der Waals surface area contributed by atoms with Crippen LogP contribution in [-0.2, 0) is 0 Å². The minimum atomic E-state index is 0.370. The molecule has 0 bridgehead atoms. The Morgan fingerprint density at radius 1 is 0.558 bits per heavy atom. The van der Waals surface area contributed by atoms with Gasteiger partial charge in [0.15, 0.2) is 0 Å². The van der Waals surface area contributed by atoms with Gasteiger partial charge in [-0.05, 0) is 102 Å². The topological polar surface area (TPSA) is 24.1 Å². The van der Waals surface area contributed by atoms with Crippen molar-refractivity contribution in [2.75, 3.05) is 6.54 Å². The van der Waals surface area contributed by atoms with Crippen LogP contribution in [0.15, 0.2) is 157 Å². The molecule has 0 spiro atoms. The van der Waals surface area contributed by atoms with Gasteiger partial charge in [0.1, 0.15) is 0 Å². The molecule has 0 radical (unpaired) electrons. The summed E-state index contributed by atoms with van der Waals surface area (Å²) in [5, 5.41) is 14.5. The highest BCUT2D eigenvalue weighted by Gasteiger charge is 2.17. The van der Waals surface area contributed by atoms with E-state index in [-0.39, 0.29) is 0 Å². The summed E-state index contributed by atoms with van der Waals surface area (Å²) in [6.45, 7) is 2.99. The van der Waals surface area contributed by atoms with Gasteiger partial charge in [-0.3, -0.25) is 0 Å². The molecule has 2 heteroatoms. The molecule has 0 aromatic heterocycles. The van der Waals surface area contributed by atoms with Crippen LogP contribution in [-0.4, -0.2) is 12.6 Å². The summed E-state index contributed by atoms with van der Waals surface area (Å²) in [6.07, 6.45) is 11.0. The first-order valence-corrected chi connectivity index (χ1v) is 15.1. The monoisotopic (exact) mass is 552 g/mol. The summed E-state index contributed by atoms with van der Waals surface area (Å²) in [6, 6.07) is 42.6. The van der Waals surface area contributed by atoms with E-state index in [2.05, 4.69) is 163 Å². The number of fused-ring (bicyclic) bond motifs is 3. The third-order valence-corrected chi connectivity index (χ3v) is 8.77. The first-order valence-electron chi connectivity index (χ1n) is 15.1. The van der Waals surface area contributed by atoms with Gasteiger partial charge in [-0.15, -0.1) is 0 Å². The van der Waals surface area contributed by atoms with Crippen molar-refractivity contribution in [1.82, 2.24) is 10.6 Å². The van der Waals surface area contributed by atoms with Crippen LogP contribution in [0.3, 0.4) is 0 Å². The van der Waals surface area contributed by atoms with Crippen LogP contribution in [0.25, 0.3) is 60.1 Å². The maximum atomic E-state index is 3.50. The number of hydrogen-bond acceptors (Lipinski definition) is 2. The van der Waals surface area contributed by atoms with Crippen molar-refractivity contribution in [3.63, 3.8) is 0 Å². The predicted octanol–water partition coefficient (Wildman–Crippen LogP) is 9.78. The Morgan fingerprint density at radius 3 is 1.81 bits per heavy atom. The van der Waals surface area contributed by atoms with Crippen LogP contribution >= 0.6 is 0 Å². The first kappa shape index (κ1) is 25.4. The molecule has 6 aromatic carbocycles. The molecule has 43 heavy (non-hydrogen) atoms. The zero-order valence-corrected chi connectivity index (χ0v) is 24.1. The van der Waals surface area contributed by atoms with Crippen LogP contribution in [0.4, 0.5) is 0 Å². The summed E-state index contributed by atoms with van der Waals surface area (Å²) in [5.74, 6) is 0. The Labute approximate surface area is 252 Å². The minimum absolute atomic E-state index is 0.370. The van der Waals surface area contributed by atoms with E-state index < -0.39 is 0 Å². The number of hydrogen-bond donors (Lipinski definition) is 2. The molecule has 0 fully saturated rings. The van der Waals surface area contributed by atoms with E-state index in [1.807, 2.05) is 0 Å². The summed E-state index contributed by atoms with van der Waals surface area (Å²) < 4.78 is 0. The predicted molar refractivity (Wildman–Crippen MR) is 184 cm³/mol. The molecule has 2 aliphatic rings. The van der Waals surface area contributed by atoms with Gasteiger partial charge in [-0.2, -0.15) is 0 Å². The molecule has 0 amide bonds. The number of nitrogens with one attached hydrogen (secondary N) is 2. The van der Waals surface area contributed by atoms with Crippen molar-refractivity contribution in [3.8, 4) is 22.3 Å². The van der Waals surface area contributed by atoms with Crippen LogP contribution in [0.1, 0.15) is 12.5 Å². The van der Waals surface area contributed by atoms with E-state index in [0.717, 1.165) is 6.54 Å². The van der Waals surface area contributed by atoms with Gasteiger partial charge >= 0.3 is 0 Å². The number of dihydropyridines is 2. The molecular formula is C41H32N2. The Morgan fingerprint density at radius 2 is 1.16 bits per heavy atom. The standard InChI is InChI=1S/C41H32N2/c1-27-15-16-32(26-43-27)35-23-34(24-42-25-35)30-19-17-28-18-20-31(22-33(28)21-30)41-38-13-7-5-11-36(38)40(29-9-3-2-4-10-29)37-12-6-8-14-39(37)41/h2-24,26-27,42-43H,25H2,1H3. The molecule has 2 N–H and O–H groups in total. The van der Waals surface area contributed by atoms with Crippen LogP contribution in [0, 0.1) is 0 Å². The van der Waals surface area contributed by atoms with Gasteiger partial charge in [-0.1, -0.05) is 115 Å². The van der Waals surface area contributed by atoms with Crippen LogP contribution in [0.2, 0.25) is 0 Å². The lowest BCUT2D eigenvalue weighted by molar-refractivity contribution is 0.752. The molecule has 2 aliphatic heterocycles. The molecule has 2 heterocycles. The normalized spacial score (nSPS) is 16.4. The molecule has 0 saturated carbocycles. The fraction of sp³-hybridized carbons (Fsp3) is 0.0732. The molecule has 8 rings (SSSR count). The van der Waals surface area contributed by atoms with E-state index in [1.165, 1.54) is 76.9 Å². The van der Waals surface area contributed by atoms with Gasteiger partial charge in [-0.25, -0.2) is 0 Å². The maximum Gasteiger partial charge on any atom is 0.0414 e. The van der Waals surface area contributed by atoms with E-state index in [1.54, 1.807) is 0 Å². The Hall–Kier alpha value is -5.34. The Bertz CT molecular complexity index is 2100. The SMILES string of the molecule is CC1C=CC(C2=CC(c3ccc4ccc(-c5c6ccccc6c(-c6ccccc6)c6ccccc56)cc4c3)=CNC2)=CN1. The summed E-state index contributed by atoms with van der Waals surface area (Å²) in [5.41, 5.74) is 10.0. The van der Waals surface area contributed by atoms with Crippen molar-refractivity contribution < 1.29 is 0 Å². The first-order chi connectivity index (χ1) is 21.2. The average Bonchev–Trinajstić information content (AvgIpc) is 3.07. The minimum Gasteiger partial charge on any atom is -0.386 e. The number of rotatable bonds is 4. The van der Waals surface area contributed by atoms with Crippen molar-refractivity contribution in [3.05, 3.63) is 163 Å². The lowest BCUT2D eigenvalue weighted by atomic mass is 9.85. The Balaban J connectivity index is 1.28. The van der Waals surface area contributed by atoms with Gasteiger partial charge < -0.3 is 10.6 Å². The second-order valence-electron chi connectivity index (χ2n) is 11.5. The molecular weight excluding hydrogens is 520 g/mol. The molecule has 0 aliphatic carbocycles. The third kappa shape index (κ3) is 4.52. The van der Waals surface area contributed by atoms with Gasteiger partial charge in [0, 0.05) is 25.0 Å². The van der Waals surface area contributed by atoms with Crippen molar-refractivity contribution in [2.24, 2.45) is 0 Å². The molecule has 2 nitrogen and oxygen atoms in total. The zero-order valence-electron chi connectivity index (χ0n) is 24.1. The van der Waals surface area contributed by atoms with Crippen molar-refractivity contribution in [1.29, 1.82) is 0 Å². The zero-order chi connectivity index (χ0) is 28.8. The fourth-order valence-electron chi connectivity index (χ4n) is 6.61. The quantitative estimate of drug-likeness (QED) is 0.213. The second-order valence-corrected chi connectivity index (χ2v) is 11.5. The van der Waals surface area contributed by atoms with E-state index in [4.69, 9.17) is 0 Å². The maximum absolute atomic E-state index is 3.50. The van der Waals surface area contributed by atoms with E-state index in [0.29, 0.717) is 6.04 Å². The van der Waals surface area contributed by atoms with Crippen molar-refractivity contribution in [2.45, 2.75) is 13.0 Å². The third-order valence-electron chi connectivity index (χ3n) is 8.77. The second kappa shape index (κ2) is 10.5. The van der Waals surface area contributed by atoms with E-state index >= 15 is 0 Å². The van der Waals surface area contributed by atoms with Gasteiger partial charge in [0.05, 0.1) is 0 Å². The van der Waals surface area contributed by atoms with Gasteiger partial charge in [0.25, 0.3) is 0 Å². The average molecular weight is 553 g/mol. The highest BCUT2D eigenvalue weighted by Crippen LogP contribution is 2.44. The highest BCUT2D eigenvalue weighted by atomic mass is 14.9. The summed E-state index contributed by atoms with van der Waals surface area (Å²) in [4.78, 5) is 0. The van der Waals surface area contributed by atoms with Gasteiger partial charge in [0.2, 0.25) is 0 Å². The smallest absolute Gasteiger partial charge is 0.0414 e. The van der Waals surface area contributed by atoms with Crippen molar-refractivity contribution >= 4 is 37.9 Å².